The van der Waals surface area contributed by atoms with Crippen LogP contribution in [0.1, 0.15) is 23.5 Å². The molecule has 150 valence electrons. The summed E-state index contributed by atoms with van der Waals surface area (Å²) in [6, 6.07) is 11.2. The average molecular weight is 402 g/mol. The Morgan fingerprint density at radius 3 is 2.38 bits per heavy atom. The van der Waals surface area contributed by atoms with E-state index < -0.39 is 17.8 Å². The average Bonchev–Trinajstić information content (AvgIpc) is 2.65. The van der Waals surface area contributed by atoms with E-state index in [1.54, 1.807) is 30.3 Å². The van der Waals surface area contributed by atoms with E-state index in [1.807, 2.05) is 0 Å². The van der Waals surface area contributed by atoms with E-state index >= 15 is 0 Å². The van der Waals surface area contributed by atoms with Gasteiger partial charge in [0.05, 0.1) is 17.8 Å². The first-order valence-corrected chi connectivity index (χ1v) is 8.65. The van der Waals surface area contributed by atoms with Gasteiger partial charge in [0.2, 0.25) is 5.95 Å². The summed E-state index contributed by atoms with van der Waals surface area (Å²) in [4.78, 5) is 23.0. The Morgan fingerprint density at radius 2 is 1.76 bits per heavy atom. The van der Waals surface area contributed by atoms with Crippen molar-refractivity contribution in [3.05, 3.63) is 59.5 Å². The number of anilines is 1. The van der Waals surface area contributed by atoms with Crippen LogP contribution in [-0.4, -0.2) is 26.0 Å². The van der Waals surface area contributed by atoms with Gasteiger partial charge < -0.3 is 10.8 Å². The Labute approximate surface area is 164 Å². The summed E-state index contributed by atoms with van der Waals surface area (Å²) in [6.07, 6.45) is -4.91. The third-order valence-electron chi connectivity index (χ3n) is 4.16. The van der Waals surface area contributed by atoms with Gasteiger partial charge in [0.15, 0.2) is 0 Å². The van der Waals surface area contributed by atoms with E-state index in [9.17, 15) is 18.0 Å². The highest BCUT2D eigenvalue weighted by Crippen LogP contribution is 2.37. The topological polar surface area (TPSA) is 102 Å². The van der Waals surface area contributed by atoms with Crippen molar-refractivity contribution >= 4 is 11.9 Å². The second-order valence-electron chi connectivity index (χ2n) is 6.39. The van der Waals surface area contributed by atoms with E-state index in [0.717, 1.165) is 6.07 Å². The Morgan fingerprint density at radius 1 is 1.07 bits per heavy atom. The zero-order chi connectivity index (χ0) is 21.2. The molecule has 0 aliphatic carbocycles. The minimum Gasteiger partial charge on any atom is -0.481 e. The molecule has 0 atom stereocenters. The van der Waals surface area contributed by atoms with Crippen molar-refractivity contribution in [3.8, 4) is 22.4 Å². The number of carboxylic acids is 1. The first-order valence-electron chi connectivity index (χ1n) is 8.65. The molecule has 3 rings (SSSR count). The maximum Gasteiger partial charge on any atom is 0.433 e. The molecular formula is C20H17F3N4O2. The lowest BCUT2D eigenvalue weighted by molar-refractivity contribution is -0.141. The minimum absolute atomic E-state index is 0.0139. The largest absolute Gasteiger partial charge is 0.481 e. The van der Waals surface area contributed by atoms with Gasteiger partial charge in [0.1, 0.15) is 5.69 Å². The summed E-state index contributed by atoms with van der Waals surface area (Å²) >= 11 is 0. The molecule has 9 heteroatoms. The molecule has 0 unspecified atom stereocenters. The van der Waals surface area contributed by atoms with Crippen molar-refractivity contribution in [2.24, 2.45) is 0 Å². The SMILES string of the molecule is Cc1cc(-c2c(CCC(=O)O)nc(N)nc2-c2ccccc2)cc(C(F)(F)F)n1. The third-order valence-corrected chi connectivity index (χ3v) is 4.16. The predicted octanol–water partition coefficient (Wildman–Crippen LogP) is 4.13. The lowest BCUT2D eigenvalue weighted by atomic mass is 9.95. The van der Waals surface area contributed by atoms with Gasteiger partial charge in [-0.05, 0) is 24.6 Å². The van der Waals surface area contributed by atoms with Crippen LogP contribution in [-0.2, 0) is 17.4 Å². The van der Waals surface area contributed by atoms with Gasteiger partial charge in [-0.3, -0.25) is 4.79 Å². The van der Waals surface area contributed by atoms with Crippen molar-refractivity contribution in [1.82, 2.24) is 15.0 Å². The highest BCUT2D eigenvalue weighted by molar-refractivity contribution is 5.83. The Balaban J connectivity index is 2.31. The number of alkyl halides is 3. The molecule has 6 nitrogen and oxygen atoms in total. The fourth-order valence-corrected chi connectivity index (χ4v) is 3.00. The number of carboxylic acid groups (broad SMARTS) is 1. The van der Waals surface area contributed by atoms with Gasteiger partial charge in [0, 0.05) is 23.2 Å². The van der Waals surface area contributed by atoms with Gasteiger partial charge in [-0.1, -0.05) is 30.3 Å². The molecular weight excluding hydrogens is 385 g/mol. The predicted molar refractivity (Wildman–Crippen MR) is 101 cm³/mol. The third kappa shape index (κ3) is 4.68. The van der Waals surface area contributed by atoms with Crippen LogP contribution in [0, 0.1) is 6.92 Å². The normalized spacial score (nSPS) is 11.4. The van der Waals surface area contributed by atoms with Crippen LogP contribution in [0.3, 0.4) is 0 Å². The molecule has 1 aromatic carbocycles. The maximum atomic E-state index is 13.3. The Bertz CT molecular complexity index is 1050. The smallest absolute Gasteiger partial charge is 0.433 e. The summed E-state index contributed by atoms with van der Waals surface area (Å²) < 4.78 is 39.9. The number of hydrogen-bond acceptors (Lipinski definition) is 5. The number of halogens is 3. The van der Waals surface area contributed by atoms with Crippen molar-refractivity contribution in [3.63, 3.8) is 0 Å². The second-order valence-corrected chi connectivity index (χ2v) is 6.39. The van der Waals surface area contributed by atoms with Gasteiger partial charge >= 0.3 is 12.1 Å². The van der Waals surface area contributed by atoms with E-state index in [4.69, 9.17) is 10.8 Å². The van der Waals surface area contributed by atoms with Crippen molar-refractivity contribution < 1.29 is 23.1 Å². The van der Waals surface area contributed by atoms with E-state index in [2.05, 4.69) is 15.0 Å². The molecule has 0 aliphatic rings. The molecule has 3 N–H and O–H groups in total. The first kappa shape index (κ1) is 20.2. The number of nitrogens with two attached hydrogens (primary N) is 1. The number of pyridine rings is 1. The highest BCUT2D eigenvalue weighted by atomic mass is 19.4. The van der Waals surface area contributed by atoms with Gasteiger partial charge in [-0.2, -0.15) is 13.2 Å². The van der Waals surface area contributed by atoms with E-state index in [1.165, 1.54) is 13.0 Å². The molecule has 0 aliphatic heterocycles. The number of aryl methyl sites for hydroxylation is 2. The molecule has 3 aromatic rings. The van der Waals surface area contributed by atoms with Gasteiger partial charge in [-0.15, -0.1) is 0 Å². The fourth-order valence-electron chi connectivity index (χ4n) is 3.00. The monoisotopic (exact) mass is 402 g/mol. The molecule has 2 heterocycles. The second kappa shape index (κ2) is 7.86. The van der Waals surface area contributed by atoms with Crippen molar-refractivity contribution in [1.29, 1.82) is 0 Å². The number of benzene rings is 1. The summed E-state index contributed by atoms with van der Waals surface area (Å²) in [7, 11) is 0. The summed E-state index contributed by atoms with van der Waals surface area (Å²) in [5.41, 5.74) is 6.65. The summed E-state index contributed by atoms with van der Waals surface area (Å²) in [6.45, 7) is 1.45. The van der Waals surface area contributed by atoms with E-state index in [0.29, 0.717) is 16.8 Å². The summed E-state index contributed by atoms with van der Waals surface area (Å²) in [5.74, 6) is -1.15. The van der Waals surface area contributed by atoms with Crippen LogP contribution in [0.4, 0.5) is 19.1 Å². The Hall–Kier alpha value is -3.49. The first-order chi connectivity index (χ1) is 13.6. The molecule has 0 saturated heterocycles. The quantitative estimate of drug-likeness (QED) is 0.665. The Kier molecular flexibility index (Phi) is 5.49. The number of carbonyl (C=O) groups is 1. The van der Waals surface area contributed by atoms with Crippen LogP contribution in [0.2, 0.25) is 0 Å². The highest BCUT2D eigenvalue weighted by Gasteiger charge is 2.33. The van der Waals surface area contributed by atoms with Crippen LogP contribution in [0.15, 0.2) is 42.5 Å². The number of rotatable bonds is 5. The van der Waals surface area contributed by atoms with Gasteiger partial charge in [-0.25, -0.2) is 15.0 Å². The molecule has 0 spiro atoms. The van der Waals surface area contributed by atoms with Gasteiger partial charge in [0.25, 0.3) is 0 Å². The number of aromatic nitrogens is 3. The van der Waals surface area contributed by atoms with Crippen LogP contribution in [0.5, 0.6) is 0 Å². The molecule has 0 fully saturated rings. The molecule has 0 bridgehead atoms. The molecule has 0 amide bonds. The van der Waals surface area contributed by atoms with Crippen molar-refractivity contribution in [2.75, 3.05) is 5.73 Å². The van der Waals surface area contributed by atoms with Crippen LogP contribution >= 0.6 is 0 Å². The fraction of sp³-hybridized carbons (Fsp3) is 0.200. The van der Waals surface area contributed by atoms with Crippen molar-refractivity contribution in [2.45, 2.75) is 25.9 Å². The maximum absolute atomic E-state index is 13.3. The number of nitrogens with zero attached hydrogens (tertiary/aromatic N) is 3. The van der Waals surface area contributed by atoms with E-state index in [-0.39, 0.29) is 35.7 Å². The molecule has 2 aromatic heterocycles. The summed E-state index contributed by atoms with van der Waals surface area (Å²) in [5, 5.41) is 9.05. The molecule has 29 heavy (non-hydrogen) atoms. The van der Waals surface area contributed by atoms with Crippen LogP contribution < -0.4 is 5.73 Å². The zero-order valence-electron chi connectivity index (χ0n) is 15.4. The number of hydrogen-bond donors (Lipinski definition) is 2. The lowest BCUT2D eigenvalue weighted by Crippen LogP contribution is -2.11. The zero-order valence-corrected chi connectivity index (χ0v) is 15.4. The van der Waals surface area contributed by atoms with Crippen LogP contribution in [0.25, 0.3) is 22.4 Å². The number of nitrogen functional groups attached to an aromatic ring is 1. The number of aliphatic carboxylic acids is 1. The lowest BCUT2D eigenvalue weighted by Gasteiger charge is -2.16. The minimum atomic E-state index is -4.64. The molecule has 0 saturated carbocycles. The standard InChI is InChI=1S/C20H17F3N4O2/c1-11-9-13(10-15(25-11)20(21,22)23)17-14(7-8-16(28)29)26-19(24)27-18(17)12-5-3-2-4-6-12/h2-6,9-10H,7-8H2,1H3,(H,28,29)(H2,24,26,27). The molecule has 0 radical (unpaired) electrons.